The van der Waals surface area contributed by atoms with E-state index in [-0.39, 0.29) is 0 Å². The summed E-state index contributed by atoms with van der Waals surface area (Å²) in [6, 6.07) is 10.6. The van der Waals surface area contributed by atoms with Crippen LogP contribution in [-0.2, 0) is 0 Å². The molecule has 1 saturated carbocycles. The van der Waals surface area contributed by atoms with Crippen molar-refractivity contribution in [3.05, 3.63) is 47.9 Å². The molecular formula is C28H34N6. The Labute approximate surface area is 201 Å². The van der Waals surface area contributed by atoms with E-state index in [1.807, 2.05) is 13.1 Å². The quantitative estimate of drug-likeness (QED) is 0.368. The summed E-state index contributed by atoms with van der Waals surface area (Å²) < 4.78 is 0. The lowest BCUT2D eigenvalue weighted by Gasteiger charge is -2.37. The van der Waals surface area contributed by atoms with Crippen molar-refractivity contribution in [2.24, 2.45) is 11.3 Å². The van der Waals surface area contributed by atoms with Gasteiger partial charge in [-0.1, -0.05) is 32.9 Å². The molecule has 0 bridgehead atoms. The van der Waals surface area contributed by atoms with Crippen molar-refractivity contribution in [3.8, 4) is 11.1 Å². The summed E-state index contributed by atoms with van der Waals surface area (Å²) in [6.45, 7) is 9.22. The van der Waals surface area contributed by atoms with Gasteiger partial charge in [0.1, 0.15) is 12.1 Å². The minimum atomic E-state index is 0.359. The van der Waals surface area contributed by atoms with Crippen LogP contribution in [0.4, 0.5) is 11.8 Å². The number of fused-ring (bicyclic) bond motifs is 2. The second-order valence-electron chi connectivity index (χ2n) is 10.7. The van der Waals surface area contributed by atoms with E-state index in [1.54, 1.807) is 6.33 Å². The van der Waals surface area contributed by atoms with E-state index < -0.39 is 0 Å². The molecule has 0 saturated heterocycles. The van der Waals surface area contributed by atoms with Gasteiger partial charge in [-0.2, -0.15) is 0 Å². The molecule has 1 aliphatic rings. The predicted octanol–water partition coefficient (Wildman–Crippen LogP) is 6.49. The number of anilines is 2. The van der Waals surface area contributed by atoms with Gasteiger partial charge in [0.15, 0.2) is 0 Å². The van der Waals surface area contributed by atoms with Gasteiger partial charge in [0.25, 0.3) is 0 Å². The molecule has 5 rings (SSSR count). The molecule has 0 amide bonds. The minimum Gasteiger partial charge on any atom is -0.383 e. The molecule has 1 aliphatic carbocycles. The van der Waals surface area contributed by atoms with Crippen LogP contribution in [0.1, 0.15) is 63.6 Å². The fraction of sp³-hybridized carbons (Fsp3) is 0.429. The number of hydrogen-bond acceptors (Lipinski definition) is 6. The minimum absolute atomic E-state index is 0.359. The predicted molar refractivity (Wildman–Crippen MR) is 141 cm³/mol. The van der Waals surface area contributed by atoms with Gasteiger partial charge in [-0.3, -0.25) is 0 Å². The monoisotopic (exact) mass is 454 g/mol. The summed E-state index contributed by atoms with van der Waals surface area (Å²) in [6.07, 6.45) is 6.36. The first kappa shape index (κ1) is 22.5. The van der Waals surface area contributed by atoms with Crippen molar-refractivity contribution in [2.45, 2.75) is 59.3 Å². The van der Waals surface area contributed by atoms with Crippen molar-refractivity contribution in [2.75, 3.05) is 18.1 Å². The van der Waals surface area contributed by atoms with Gasteiger partial charge in [-0.15, -0.1) is 0 Å². The van der Waals surface area contributed by atoms with E-state index in [0.717, 1.165) is 50.1 Å². The average molecular weight is 455 g/mol. The first-order chi connectivity index (χ1) is 16.3. The maximum Gasteiger partial charge on any atom is 0.223 e. The van der Waals surface area contributed by atoms with E-state index in [4.69, 9.17) is 15.7 Å². The molecule has 0 radical (unpaired) electrons. The molecule has 4 aromatic rings. The molecule has 2 heterocycles. The highest BCUT2D eigenvalue weighted by Crippen LogP contribution is 2.44. The van der Waals surface area contributed by atoms with Gasteiger partial charge < -0.3 is 11.1 Å². The zero-order chi connectivity index (χ0) is 24.0. The molecule has 0 aliphatic heterocycles. The van der Waals surface area contributed by atoms with Crippen molar-refractivity contribution in [1.29, 1.82) is 0 Å². The van der Waals surface area contributed by atoms with Gasteiger partial charge in [0.2, 0.25) is 5.95 Å². The number of nitrogens with zero attached hydrogens (tertiary/aromatic N) is 4. The SMILES string of the molecule is CNc1nc(C2CCC(C(C)(C)C)CC2)c2cc(-c3c(C)ccc4c(N)ncnc34)ccc2n1. The van der Waals surface area contributed by atoms with Crippen LogP contribution in [0.15, 0.2) is 36.7 Å². The molecule has 176 valence electrons. The van der Waals surface area contributed by atoms with E-state index in [1.165, 1.54) is 25.7 Å². The number of aromatic nitrogens is 4. The Morgan fingerprint density at radius 3 is 2.41 bits per heavy atom. The Kier molecular flexibility index (Phi) is 5.62. The Balaban J connectivity index is 1.64. The number of nitrogen functional groups attached to an aromatic ring is 1. The molecule has 0 atom stereocenters. The molecule has 6 heteroatoms. The van der Waals surface area contributed by atoms with Gasteiger partial charge >= 0.3 is 0 Å². The highest BCUT2D eigenvalue weighted by atomic mass is 15.1. The van der Waals surface area contributed by atoms with Gasteiger partial charge in [-0.05, 0) is 73.3 Å². The molecule has 0 spiro atoms. The molecule has 2 aromatic carbocycles. The number of hydrogen-bond donors (Lipinski definition) is 2. The highest BCUT2D eigenvalue weighted by Gasteiger charge is 2.31. The first-order valence-corrected chi connectivity index (χ1v) is 12.3. The third-order valence-electron chi connectivity index (χ3n) is 7.62. The second kappa shape index (κ2) is 8.49. The Hall–Kier alpha value is -3.28. The zero-order valence-corrected chi connectivity index (χ0v) is 20.8. The van der Waals surface area contributed by atoms with E-state index in [0.29, 0.717) is 23.1 Å². The van der Waals surface area contributed by atoms with Crippen LogP contribution in [0.3, 0.4) is 0 Å². The number of benzene rings is 2. The molecule has 1 fully saturated rings. The lowest BCUT2D eigenvalue weighted by molar-refractivity contribution is 0.168. The van der Waals surface area contributed by atoms with Crippen LogP contribution in [0, 0.1) is 18.3 Å². The molecule has 6 nitrogen and oxygen atoms in total. The Morgan fingerprint density at radius 1 is 0.941 bits per heavy atom. The van der Waals surface area contributed by atoms with Gasteiger partial charge in [0, 0.05) is 29.3 Å². The largest absolute Gasteiger partial charge is 0.383 e. The molecule has 0 unspecified atom stereocenters. The van der Waals surface area contributed by atoms with Crippen molar-refractivity contribution < 1.29 is 0 Å². The molecule has 2 aromatic heterocycles. The topological polar surface area (TPSA) is 89.6 Å². The van der Waals surface area contributed by atoms with Gasteiger partial charge in [0.05, 0.1) is 16.7 Å². The second-order valence-corrected chi connectivity index (χ2v) is 10.7. The lowest BCUT2D eigenvalue weighted by atomic mass is 9.69. The summed E-state index contributed by atoms with van der Waals surface area (Å²) in [5.41, 5.74) is 12.9. The van der Waals surface area contributed by atoms with Crippen LogP contribution in [0.25, 0.3) is 32.9 Å². The third kappa shape index (κ3) is 3.95. The highest BCUT2D eigenvalue weighted by molar-refractivity contribution is 6.01. The standard InChI is InChI=1S/C28H34N6/c1-16-6-12-20-25(31-15-32-26(20)29)23(16)18-9-13-22-21(14-18)24(34-27(30-5)33-22)17-7-10-19(11-8-17)28(2,3)4/h6,9,12-15,17,19H,7-8,10-11H2,1-5H3,(H2,29,31,32)(H,30,33,34). The van der Waals surface area contributed by atoms with Crippen LogP contribution in [-0.4, -0.2) is 27.0 Å². The van der Waals surface area contributed by atoms with Crippen molar-refractivity contribution in [1.82, 2.24) is 19.9 Å². The summed E-state index contributed by atoms with van der Waals surface area (Å²) in [7, 11) is 1.89. The smallest absolute Gasteiger partial charge is 0.223 e. The first-order valence-electron chi connectivity index (χ1n) is 12.3. The maximum absolute atomic E-state index is 6.16. The number of rotatable bonds is 3. The summed E-state index contributed by atoms with van der Waals surface area (Å²) in [5.74, 6) is 2.40. The number of nitrogens with two attached hydrogens (primary N) is 1. The lowest BCUT2D eigenvalue weighted by Crippen LogP contribution is -2.25. The van der Waals surface area contributed by atoms with E-state index >= 15 is 0 Å². The number of aryl methyl sites for hydroxylation is 1. The normalized spacial score (nSPS) is 19.0. The van der Waals surface area contributed by atoms with Crippen molar-refractivity contribution >= 4 is 33.6 Å². The zero-order valence-electron chi connectivity index (χ0n) is 20.8. The molecular weight excluding hydrogens is 420 g/mol. The van der Waals surface area contributed by atoms with Crippen LogP contribution in [0.5, 0.6) is 0 Å². The fourth-order valence-electron chi connectivity index (χ4n) is 5.58. The summed E-state index contributed by atoms with van der Waals surface area (Å²) in [4.78, 5) is 18.5. The van der Waals surface area contributed by atoms with Crippen molar-refractivity contribution in [3.63, 3.8) is 0 Å². The van der Waals surface area contributed by atoms with E-state index in [9.17, 15) is 0 Å². The van der Waals surface area contributed by atoms with Gasteiger partial charge in [-0.25, -0.2) is 19.9 Å². The Bertz CT molecular complexity index is 1360. The molecule has 3 N–H and O–H groups in total. The fourth-order valence-corrected chi connectivity index (χ4v) is 5.58. The average Bonchev–Trinajstić information content (AvgIpc) is 2.82. The number of nitrogens with one attached hydrogen (secondary N) is 1. The third-order valence-corrected chi connectivity index (χ3v) is 7.62. The maximum atomic E-state index is 6.16. The Morgan fingerprint density at radius 2 is 1.71 bits per heavy atom. The van der Waals surface area contributed by atoms with Crippen LogP contribution >= 0.6 is 0 Å². The summed E-state index contributed by atoms with van der Waals surface area (Å²) >= 11 is 0. The summed E-state index contributed by atoms with van der Waals surface area (Å²) in [5, 5.41) is 5.18. The van der Waals surface area contributed by atoms with E-state index in [2.05, 4.69) is 67.2 Å². The van der Waals surface area contributed by atoms with Crippen LogP contribution < -0.4 is 11.1 Å². The molecule has 34 heavy (non-hydrogen) atoms. The van der Waals surface area contributed by atoms with Crippen LogP contribution in [0.2, 0.25) is 0 Å².